The molecule has 0 saturated heterocycles. The van der Waals surface area contributed by atoms with Gasteiger partial charge in [0.25, 0.3) is 0 Å². The molecule has 0 radical (unpaired) electrons. The SMILES string of the molecule is CCCCC1CCC(CBr)(Cc2cc(C)nn2CC)CC1. The number of rotatable bonds is 7. The topological polar surface area (TPSA) is 17.8 Å². The highest BCUT2D eigenvalue weighted by Gasteiger charge is 2.35. The van der Waals surface area contributed by atoms with Crippen molar-refractivity contribution in [1.82, 2.24) is 9.78 Å². The lowest BCUT2D eigenvalue weighted by molar-refractivity contribution is 0.165. The van der Waals surface area contributed by atoms with Crippen molar-refractivity contribution in [3.63, 3.8) is 0 Å². The zero-order valence-corrected chi connectivity index (χ0v) is 15.6. The van der Waals surface area contributed by atoms with Gasteiger partial charge in [0.15, 0.2) is 0 Å². The van der Waals surface area contributed by atoms with Gasteiger partial charge >= 0.3 is 0 Å². The molecule has 1 aromatic heterocycles. The first-order valence-electron chi connectivity index (χ1n) is 8.71. The molecule has 2 nitrogen and oxygen atoms in total. The maximum atomic E-state index is 4.62. The predicted molar refractivity (Wildman–Crippen MR) is 94.1 cm³/mol. The van der Waals surface area contributed by atoms with Crippen LogP contribution in [0.3, 0.4) is 0 Å². The van der Waals surface area contributed by atoms with Crippen LogP contribution in [0.25, 0.3) is 0 Å². The monoisotopic (exact) mass is 354 g/mol. The van der Waals surface area contributed by atoms with Gasteiger partial charge in [-0.05, 0) is 63.4 Å². The Kier molecular flexibility index (Phi) is 6.34. The Labute approximate surface area is 138 Å². The number of halogens is 1. The zero-order chi connectivity index (χ0) is 15.3. The van der Waals surface area contributed by atoms with E-state index >= 15 is 0 Å². The van der Waals surface area contributed by atoms with Crippen molar-refractivity contribution < 1.29 is 0 Å². The summed E-state index contributed by atoms with van der Waals surface area (Å²) < 4.78 is 2.20. The zero-order valence-electron chi connectivity index (χ0n) is 14.0. The molecule has 0 amide bonds. The highest BCUT2D eigenvalue weighted by atomic mass is 79.9. The molecule has 1 saturated carbocycles. The molecule has 3 heteroatoms. The molecule has 0 bridgehead atoms. The van der Waals surface area contributed by atoms with Crippen LogP contribution in [0.1, 0.15) is 70.2 Å². The fraction of sp³-hybridized carbons (Fsp3) is 0.833. The van der Waals surface area contributed by atoms with Gasteiger partial charge in [-0.15, -0.1) is 0 Å². The van der Waals surface area contributed by atoms with Gasteiger partial charge in [-0.1, -0.05) is 42.1 Å². The summed E-state index contributed by atoms with van der Waals surface area (Å²) in [5, 5.41) is 5.75. The van der Waals surface area contributed by atoms with Crippen LogP contribution in [0, 0.1) is 18.3 Å². The van der Waals surface area contributed by atoms with Crippen LogP contribution >= 0.6 is 15.9 Å². The van der Waals surface area contributed by atoms with Crippen LogP contribution in [0.5, 0.6) is 0 Å². The molecule has 0 spiro atoms. The van der Waals surface area contributed by atoms with E-state index in [9.17, 15) is 0 Å². The number of aryl methyl sites for hydroxylation is 2. The molecule has 0 aromatic carbocycles. The van der Waals surface area contributed by atoms with Crippen LogP contribution in [0.15, 0.2) is 6.07 Å². The van der Waals surface area contributed by atoms with E-state index in [1.54, 1.807) is 0 Å². The summed E-state index contributed by atoms with van der Waals surface area (Å²) in [4.78, 5) is 0. The Balaban J connectivity index is 1.99. The summed E-state index contributed by atoms with van der Waals surface area (Å²) in [6.45, 7) is 7.59. The van der Waals surface area contributed by atoms with Crippen molar-refractivity contribution in [2.45, 2.75) is 78.7 Å². The first kappa shape index (κ1) is 17.1. The first-order chi connectivity index (χ1) is 10.1. The van der Waals surface area contributed by atoms with Crippen LogP contribution < -0.4 is 0 Å². The second kappa shape index (κ2) is 7.80. The van der Waals surface area contributed by atoms with Crippen molar-refractivity contribution in [3.8, 4) is 0 Å². The average molecular weight is 355 g/mol. The van der Waals surface area contributed by atoms with Crippen molar-refractivity contribution in [2.75, 3.05) is 5.33 Å². The molecule has 1 fully saturated rings. The number of nitrogens with zero attached hydrogens (tertiary/aromatic N) is 2. The third kappa shape index (κ3) is 4.34. The molecule has 0 aliphatic heterocycles. The second-order valence-electron chi connectivity index (χ2n) is 6.99. The number of unbranched alkanes of at least 4 members (excludes halogenated alkanes) is 1. The summed E-state index contributed by atoms with van der Waals surface area (Å²) in [6, 6.07) is 2.29. The van der Waals surface area contributed by atoms with Gasteiger partial charge in [-0.2, -0.15) is 5.10 Å². The standard InChI is InChI=1S/C18H31BrN2/c1-4-6-7-16-8-10-18(14-19,11-9-16)13-17-12-15(3)20-21(17)5-2/h12,16H,4-11,13-14H2,1-3H3. The third-order valence-electron chi connectivity index (χ3n) is 5.26. The first-order valence-corrected chi connectivity index (χ1v) is 9.84. The van der Waals surface area contributed by atoms with Gasteiger partial charge in [-0.3, -0.25) is 4.68 Å². The molecule has 0 N–H and O–H groups in total. The smallest absolute Gasteiger partial charge is 0.0596 e. The van der Waals surface area contributed by atoms with E-state index in [2.05, 4.69) is 52.5 Å². The fourth-order valence-corrected chi connectivity index (χ4v) is 4.59. The van der Waals surface area contributed by atoms with Gasteiger partial charge in [0, 0.05) is 17.6 Å². The van der Waals surface area contributed by atoms with Crippen molar-refractivity contribution in [3.05, 3.63) is 17.5 Å². The summed E-state index contributed by atoms with van der Waals surface area (Å²) in [6.07, 6.45) is 11.0. The molecule has 2 rings (SSSR count). The van der Waals surface area contributed by atoms with Gasteiger partial charge in [-0.25, -0.2) is 0 Å². The van der Waals surface area contributed by atoms with Crippen molar-refractivity contribution in [1.29, 1.82) is 0 Å². The second-order valence-corrected chi connectivity index (χ2v) is 7.55. The molecule has 21 heavy (non-hydrogen) atoms. The van der Waals surface area contributed by atoms with Crippen LogP contribution in [0.2, 0.25) is 0 Å². The molecular weight excluding hydrogens is 324 g/mol. The number of aromatic nitrogens is 2. The van der Waals surface area contributed by atoms with E-state index in [0.717, 1.165) is 23.5 Å². The lowest BCUT2D eigenvalue weighted by atomic mass is 9.68. The summed E-state index contributed by atoms with van der Waals surface area (Å²) in [5.74, 6) is 0.981. The summed E-state index contributed by atoms with van der Waals surface area (Å²) in [7, 11) is 0. The lowest BCUT2D eigenvalue weighted by Crippen LogP contribution is -2.32. The average Bonchev–Trinajstić information content (AvgIpc) is 2.86. The Morgan fingerprint density at radius 2 is 2.05 bits per heavy atom. The van der Waals surface area contributed by atoms with Gasteiger partial charge in [0.05, 0.1) is 5.69 Å². The third-order valence-corrected chi connectivity index (χ3v) is 6.45. The molecule has 0 unspecified atom stereocenters. The van der Waals surface area contributed by atoms with Gasteiger partial charge in [0.1, 0.15) is 0 Å². The maximum Gasteiger partial charge on any atom is 0.0596 e. The normalized spacial score (nSPS) is 26.2. The number of alkyl halides is 1. The number of hydrogen-bond donors (Lipinski definition) is 0. The predicted octanol–water partition coefficient (Wildman–Crippen LogP) is 5.52. The van der Waals surface area contributed by atoms with E-state index in [1.165, 1.54) is 57.1 Å². The Morgan fingerprint density at radius 3 is 2.62 bits per heavy atom. The van der Waals surface area contributed by atoms with Crippen molar-refractivity contribution in [2.24, 2.45) is 11.3 Å². The van der Waals surface area contributed by atoms with Gasteiger partial charge in [0.2, 0.25) is 0 Å². The van der Waals surface area contributed by atoms with E-state index in [1.807, 2.05) is 0 Å². The minimum Gasteiger partial charge on any atom is -0.270 e. The van der Waals surface area contributed by atoms with E-state index in [4.69, 9.17) is 0 Å². The Hall–Kier alpha value is -0.310. The fourth-order valence-electron chi connectivity index (χ4n) is 3.83. The number of hydrogen-bond acceptors (Lipinski definition) is 1. The van der Waals surface area contributed by atoms with E-state index < -0.39 is 0 Å². The molecule has 1 aliphatic rings. The highest BCUT2D eigenvalue weighted by Crippen LogP contribution is 2.44. The molecule has 0 atom stereocenters. The summed E-state index contributed by atoms with van der Waals surface area (Å²) in [5.41, 5.74) is 3.05. The largest absolute Gasteiger partial charge is 0.270 e. The van der Waals surface area contributed by atoms with Crippen molar-refractivity contribution >= 4 is 15.9 Å². The van der Waals surface area contributed by atoms with E-state index in [-0.39, 0.29) is 0 Å². The maximum absolute atomic E-state index is 4.62. The quantitative estimate of drug-likeness (QED) is 0.589. The van der Waals surface area contributed by atoms with Crippen LogP contribution in [-0.4, -0.2) is 15.1 Å². The molecule has 1 aromatic rings. The van der Waals surface area contributed by atoms with Crippen LogP contribution in [-0.2, 0) is 13.0 Å². The minimum absolute atomic E-state index is 0.460. The molecule has 1 heterocycles. The highest BCUT2D eigenvalue weighted by molar-refractivity contribution is 9.09. The molecule has 120 valence electrons. The summed E-state index contributed by atoms with van der Waals surface area (Å²) >= 11 is 3.82. The lowest BCUT2D eigenvalue weighted by Gasteiger charge is -2.39. The Morgan fingerprint density at radius 1 is 1.33 bits per heavy atom. The Bertz CT molecular complexity index is 430. The minimum atomic E-state index is 0.460. The van der Waals surface area contributed by atoms with E-state index in [0.29, 0.717) is 5.41 Å². The van der Waals surface area contributed by atoms with Gasteiger partial charge < -0.3 is 0 Å². The molecule has 1 aliphatic carbocycles. The molecular formula is C18H31BrN2. The van der Waals surface area contributed by atoms with Crippen LogP contribution in [0.4, 0.5) is 0 Å².